The molecule has 0 atom stereocenters. The van der Waals surface area contributed by atoms with Gasteiger partial charge in [-0.15, -0.1) is 0 Å². The van der Waals surface area contributed by atoms with Crippen LogP contribution in [0.25, 0.3) is 0 Å². The van der Waals surface area contributed by atoms with Crippen molar-refractivity contribution in [2.24, 2.45) is 0 Å². The molecule has 0 N–H and O–H groups in total. The van der Waals surface area contributed by atoms with Gasteiger partial charge in [0.05, 0.1) is 18.3 Å². The van der Waals surface area contributed by atoms with Crippen molar-refractivity contribution in [3.05, 3.63) is 23.8 Å². The zero-order chi connectivity index (χ0) is 18.3. The zero-order valence-corrected chi connectivity index (χ0v) is 15.9. The van der Waals surface area contributed by atoms with E-state index >= 15 is 0 Å². The molecule has 132 valence electrons. The third-order valence-electron chi connectivity index (χ3n) is 4.37. The summed E-state index contributed by atoms with van der Waals surface area (Å²) in [7, 11) is 0.986. The van der Waals surface area contributed by atoms with Crippen LogP contribution in [-0.4, -0.2) is 37.0 Å². The quantitative estimate of drug-likeness (QED) is 0.628. The van der Waals surface area contributed by atoms with Crippen LogP contribution in [0.2, 0.25) is 0 Å². The first-order chi connectivity index (χ1) is 10.9. The van der Waals surface area contributed by atoms with Gasteiger partial charge >= 0.3 is 13.1 Å². The molecular formula is C18H27BO5. The summed E-state index contributed by atoms with van der Waals surface area (Å²) in [6, 6.07) is 5.30. The van der Waals surface area contributed by atoms with Gasteiger partial charge < -0.3 is 18.8 Å². The normalized spacial score (nSPS) is 19.2. The molecule has 1 heterocycles. The highest BCUT2D eigenvalue weighted by molar-refractivity contribution is 6.62. The monoisotopic (exact) mass is 334 g/mol. The Labute approximate surface area is 144 Å². The Hall–Kier alpha value is -1.53. The molecule has 0 saturated carbocycles. The Bertz CT molecular complexity index is 615. The Kier molecular flexibility index (Phi) is 4.77. The van der Waals surface area contributed by atoms with E-state index in [9.17, 15) is 4.79 Å². The van der Waals surface area contributed by atoms with Crippen LogP contribution in [0, 0.1) is 0 Å². The summed E-state index contributed by atoms with van der Waals surface area (Å²) in [6.45, 7) is 13.5. The Morgan fingerprint density at radius 2 is 1.62 bits per heavy atom. The molecule has 2 rings (SSSR count). The molecule has 1 aliphatic rings. The van der Waals surface area contributed by atoms with Gasteiger partial charge in [-0.25, -0.2) is 4.79 Å². The maximum atomic E-state index is 12.5. The molecule has 0 aromatic heterocycles. The minimum Gasteiger partial charge on any atom is -0.496 e. The minimum atomic E-state index is -0.581. The van der Waals surface area contributed by atoms with Gasteiger partial charge in [0.25, 0.3) is 0 Å². The summed E-state index contributed by atoms with van der Waals surface area (Å²) < 4.78 is 22.9. The minimum absolute atomic E-state index is 0.361. The van der Waals surface area contributed by atoms with Crippen molar-refractivity contribution in [2.45, 2.75) is 65.3 Å². The molecular weight excluding hydrogens is 307 g/mol. The van der Waals surface area contributed by atoms with Gasteiger partial charge in [0.15, 0.2) is 0 Å². The van der Waals surface area contributed by atoms with Crippen molar-refractivity contribution in [1.29, 1.82) is 0 Å². The van der Waals surface area contributed by atoms with Crippen LogP contribution in [0.5, 0.6) is 5.75 Å². The summed E-state index contributed by atoms with van der Waals surface area (Å²) in [5.41, 5.74) is -0.342. The molecule has 0 bridgehead atoms. The van der Waals surface area contributed by atoms with Crippen molar-refractivity contribution in [3.63, 3.8) is 0 Å². The average Bonchev–Trinajstić information content (AvgIpc) is 2.65. The second-order valence-electron chi connectivity index (χ2n) is 8.05. The summed E-state index contributed by atoms with van der Waals surface area (Å²) in [5.74, 6) is 0.0298. The Morgan fingerprint density at radius 1 is 1.08 bits per heavy atom. The third kappa shape index (κ3) is 3.76. The first kappa shape index (κ1) is 18.8. The number of rotatable bonds is 3. The molecule has 5 nitrogen and oxygen atoms in total. The predicted molar refractivity (Wildman–Crippen MR) is 93.9 cm³/mol. The number of hydrogen-bond acceptors (Lipinski definition) is 5. The first-order valence-electron chi connectivity index (χ1n) is 8.13. The van der Waals surface area contributed by atoms with Crippen LogP contribution in [-0.2, 0) is 14.0 Å². The lowest BCUT2D eigenvalue weighted by Crippen LogP contribution is -2.41. The fraction of sp³-hybridized carbons (Fsp3) is 0.611. The van der Waals surface area contributed by atoms with E-state index in [0.717, 1.165) is 5.46 Å². The van der Waals surface area contributed by atoms with E-state index in [1.54, 1.807) is 12.1 Å². The number of carbonyl (C=O) groups excluding carboxylic acids is 1. The third-order valence-corrected chi connectivity index (χ3v) is 4.37. The molecule has 0 unspecified atom stereocenters. The van der Waals surface area contributed by atoms with Gasteiger partial charge in [0.2, 0.25) is 0 Å². The fourth-order valence-electron chi connectivity index (χ4n) is 2.34. The van der Waals surface area contributed by atoms with Crippen LogP contribution in [0.1, 0.15) is 58.8 Å². The van der Waals surface area contributed by atoms with Crippen molar-refractivity contribution >= 4 is 18.6 Å². The number of carbonyl (C=O) groups is 1. The summed E-state index contributed by atoms with van der Waals surface area (Å²) in [4.78, 5) is 12.5. The van der Waals surface area contributed by atoms with Crippen molar-refractivity contribution in [3.8, 4) is 5.75 Å². The number of benzene rings is 1. The molecule has 0 aliphatic carbocycles. The molecule has 1 aromatic carbocycles. The van der Waals surface area contributed by atoms with E-state index in [4.69, 9.17) is 18.8 Å². The maximum Gasteiger partial charge on any atom is 0.494 e. The van der Waals surface area contributed by atoms with E-state index in [2.05, 4.69) is 0 Å². The van der Waals surface area contributed by atoms with Gasteiger partial charge in [-0.2, -0.15) is 0 Å². The van der Waals surface area contributed by atoms with E-state index in [0.29, 0.717) is 11.3 Å². The second kappa shape index (κ2) is 6.08. The van der Waals surface area contributed by atoms with Crippen LogP contribution in [0.15, 0.2) is 18.2 Å². The van der Waals surface area contributed by atoms with E-state index in [1.165, 1.54) is 7.11 Å². The summed E-state index contributed by atoms with van der Waals surface area (Å²) in [5, 5.41) is 0. The molecule has 1 aromatic rings. The molecule has 1 aliphatic heterocycles. The van der Waals surface area contributed by atoms with E-state index < -0.39 is 29.9 Å². The molecule has 1 fully saturated rings. The van der Waals surface area contributed by atoms with E-state index in [1.807, 2.05) is 54.5 Å². The van der Waals surface area contributed by atoms with Gasteiger partial charge in [-0.1, -0.05) is 6.07 Å². The highest BCUT2D eigenvalue weighted by atomic mass is 16.7. The van der Waals surface area contributed by atoms with Gasteiger partial charge in [0.1, 0.15) is 16.9 Å². The smallest absolute Gasteiger partial charge is 0.494 e. The van der Waals surface area contributed by atoms with Gasteiger partial charge in [-0.05, 0) is 66.1 Å². The van der Waals surface area contributed by atoms with Crippen LogP contribution >= 0.6 is 0 Å². The standard InChI is InChI=1S/C18H27BO5/c1-16(2,3)22-15(20)13-11-12(9-10-14(13)21-8)19-23-17(4,5)18(6,7)24-19/h9-11H,1-8H3. The summed E-state index contributed by atoms with van der Waals surface area (Å²) in [6.07, 6.45) is 0. The summed E-state index contributed by atoms with van der Waals surface area (Å²) >= 11 is 0. The van der Waals surface area contributed by atoms with Gasteiger partial charge in [0, 0.05) is 0 Å². The molecule has 0 radical (unpaired) electrons. The molecule has 24 heavy (non-hydrogen) atoms. The predicted octanol–water partition coefficient (Wildman–Crippen LogP) is 2.95. The lowest BCUT2D eigenvalue weighted by atomic mass is 9.78. The van der Waals surface area contributed by atoms with Crippen molar-refractivity contribution in [1.82, 2.24) is 0 Å². The SMILES string of the molecule is COc1ccc(B2OC(C)(C)C(C)(C)O2)cc1C(=O)OC(C)(C)C. The van der Waals surface area contributed by atoms with Gasteiger partial charge in [-0.3, -0.25) is 0 Å². The van der Waals surface area contributed by atoms with Crippen molar-refractivity contribution < 1.29 is 23.6 Å². The molecule has 0 spiro atoms. The van der Waals surface area contributed by atoms with Crippen LogP contribution in [0.4, 0.5) is 0 Å². The average molecular weight is 334 g/mol. The fourth-order valence-corrected chi connectivity index (χ4v) is 2.34. The Morgan fingerprint density at radius 3 is 2.08 bits per heavy atom. The number of ether oxygens (including phenoxy) is 2. The Balaban J connectivity index is 2.35. The lowest BCUT2D eigenvalue weighted by molar-refractivity contribution is 0.00578. The number of hydrogen-bond donors (Lipinski definition) is 0. The zero-order valence-electron chi connectivity index (χ0n) is 15.9. The molecule has 0 amide bonds. The maximum absolute atomic E-state index is 12.5. The van der Waals surface area contributed by atoms with Crippen molar-refractivity contribution in [2.75, 3.05) is 7.11 Å². The first-order valence-corrected chi connectivity index (χ1v) is 8.13. The van der Waals surface area contributed by atoms with Crippen LogP contribution < -0.4 is 10.2 Å². The number of methoxy groups -OCH3 is 1. The van der Waals surface area contributed by atoms with E-state index in [-0.39, 0.29) is 0 Å². The highest BCUT2D eigenvalue weighted by Crippen LogP contribution is 2.36. The van der Waals surface area contributed by atoms with Crippen LogP contribution in [0.3, 0.4) is 0 Å². The lowest BCUT2D eigenvalue weighted by Gasteiger charge is -2.32. The molecule has 6 heteroatoms. The highest BCUT2D eigenvalue weighted by Gasteiger charge is 2.51. The second-order valence-corrected chi connectivity index (χ2v) is 8.05. The topological polar surface area (TPSA) is 54.0 Å². The molecule has 1 saturated heterocycles. The number of esters is 1. The largest absolute Gasteiger partial charge is 0.496 e.